The van der Waals surface area contributed by atoms with Crippen LogP contribution in [-0.4, -0.2) is 75.5 Å². The fourth-order valence-electron chi connectivity index (χ4n) is 3.25. The topological polar surface area (TPSA) is 67.4 Å². The number of nitrogens with one attached hydrogen (secondary N) is 2. The summed E-state index contributed by atoms with van der Waals surface area (Å²) >= 11 is 0. The number of morpholine rings is 1. The molecule has 1 fully saturated rings. The number of rotatable bonds is 9. The molecule has 2 N–H and O–H groups in total. The summed E-state index contributed by atoms with van der Waals surface area (Å²) in [4.78, 5) is 7.23. The zero-order valence-corrected chi connectivity index (χ0v) is 17.9. The zero-order chi connectivity index (χ0) is 20.4. The molecule has 0 saturated carbocycles. The summed E-state index contributed by atoms with van der Waals surface area (Å²) < 4.78 is 16.7. The van der Waals surface area contributed by atoms with Gasteiger partial charge in [0.1, 0.15) is 17.6 Å². The van der Waals surface area contributed by atoms with Gasteiger partial charge in [0, 0.05) is 31.2 Å². The second kappa shape index (κ2) is 11.8. The van der Waals surface area contributed by atoms with Gasteiger partial charge in [-0.15, -0.1) is 0 Å². The van der Waals surface area contributed by atoms with Gasteiger partial charge in [0.25, 0.3) is 0 Å². The highest BCUT2D eigenvalue weighted by molar-refractivity contribution is 5.79. The quantitative estimate of drug-likeness (QED) is 0.496. The maximum atomic E-state index is 5.97. The summed E-state index contributed by atoms with van der Waals surface area (Å²) in [6, 6.07) is 8.46. The van der Waals surface area contributed by atoms with Crippen LogP contribution < -0.4 is 20.1 Å². The predicted molar refractivity (Wildman–Crippen MR) is 114 cm³/mol. The van der Waals surface area contributed by atoms with Crippen LogP contribution >= 0.6 is 0 Å². The van der Waals surface area contributed by atoms with E-state index in [1.165, 1.54) is 0 Å². The van der Waals surface area contributed by atoms with Gasteiger partial charge in [0.2, 0.25) is 0 Å². The maximum absolute atomic E-state index is 5.97. The molecule has 1 saturated heterocycles. The van der Waals surface area contributed by atoms with Gasteiger partial charge < -0.3 is 24.8 Å². The molecule has 28 heavy (non-hydrogen) atoms. The predicted octanol–water partition coefficient (Wildman–Crippen LogP) is 2.13. The first-order valence-electron chi connectivity index (χ1n) is 10.2. The first-order valence-corrected chi connectivity index (χ1v) is 10.2. The van der Waals surface area contributed by atoms with Crippen molar-refractivity contribution in [2.24, 2.45) is 4.99 Å². The van der Waals surface area contributed by atoms with E-state index in [-0.39, 0.29) is 6.10 Å². The Hall–Kier alpha value is -1.99. The molecule has 1 aliphatic heterocycles. The molecule has 0 aromatic heterocycles. The molecule has 1 aromatic rings. The van der Waals surface area contributed by atoms with Crippen LogP contribution in [0.25, 0.3) is 0 Å². The molecule has 1 heterocycles. The molecular formula is C21H36N4O3. The largest absolute Gasteiger partial charge is 0.497 e. The number of hydrogen-bond acceptors (Lipinski definition) is 5. The zero-order valence-electron chi connectivity index (χ0n) is 17.9. The Balaban J connectivity index is 1.84. The molecule has 3 unspecified atom stereocenters. The lowest BCUT2D eigenvalue weighted by molar-refractivity contribution is -0.0165. The number of aliphatic imine (C=N–C) groups is 1. The molecule has 7 nitrogen and oxygen atoms in total. The summed E-state index contributed by atoms with van der Waals surface area (Å²) in [5, 5.41) is 6.69. The van der Waals surface area contributed by atoms with Crippen LogP contribution in [0.1, 0.15) is 27.7 Å². The normalized spacial score (nSPS) is 20.3. The molecule has 7 heteroatoms. The van der Waals surface area contributed by atoms with Gasteiger partial charge in [-0.25, -0.2) is 0 Å². The highest BCUT2D eigenvalue weighted by atomic mass is 16.5. The Morgan fingerprint density at radius 3 is 2.82 bits per heavy atom. The summed E-state index contributed by atoms with van der Waals surface area (Å²) in [6.07, 6.45) is -0.00680. The van der Waals surface area contributed by atoms with Crippen LogP contribution in [0.2, 0.25) is 0 Å². The second-order valence-corrected chi connectivity index (χ2v) is 7.22. The first-order chi connectivity index (χ1) is 13.5. The van der Waals surface area contributed by atoms with Crippen LogP contribution in [0, 0.1) is 0 Å². The number of benzene rings is 1. The fourth-order valence-corrected chi connectivity index (χ4v) is 3.25. The van der Waals surface area contributed by atoms with Crippen LogP contribution in [-0.2, 0) is 4.74 Å². The van der Waals surface area contributed by atoms with Gasteiger partial charge in [-0.2, -0.15) is 0 Å². The first kappa shape index (κ1) is 22.3. The molecule has 3 atom stereocenters. The molecule has 0 aliphatic carbocycles. The summed E-state index contributed by atoms with van der Waals surface area (Å²) in [5.74, 6) is 2.40. The van der Waals surface area contributed by atoms with Crippen molar-refractivity contribution in [1.29, 1.82) is 0 Å². The average molecular weight is 393 g/mol. The second-order valence-electron chi connectivity index (χ2n) is 7.22. The van der Waals surface area contributed by atoms with E-state index in [0.29, 0.717) is 18.6 Å². The van der Waals surface area contributed by atoms with Crippen molar-refractivity contribution in [1.82, 2.24) is 15.5 Å². The molecule has 0 radical (unpaired) electrons. The van der Waals surface area contributed by atoms with E-state index in [9.17, 15) is 0 Å². The molecular weight excluding hydrogens is 356 g/mol. The van der Waals surface area contributed by atoms with E-state index in [1.807, 2.05) is 31.2 Å². The summed E-state index contributed by atoms with van der Waals surface area (Å²) in [6.45, 7) is 13.3. The van der Waals surface area contributed by atoms with Crippen molar-refractivity contribution < 1.29 is 14.2 Å². The van der Waals surface area contributed by atoms with E-state index < -0.39 is 0 Å². The van der Waals surface area contributed by atoms with E-state index >= 15 is 0 Å². The lowest BCUT2D eigenvalue weighted by Gasteiger charge is -2.37. The van der Waals surface area contributed by atoms with Gasteiger partial charge in [-0.1, -0.05) is 6.07 Å². The Kier molecular flexibility index (Phi) is 9.37. The minimum Gasteiger partial charge on any atom is -0.497 e. The Morgan fingerprint density at radius 1 is 1.32 bits per heavy atom. The van der Waals surface area contributed by atoms with Gasteiger partial charge in [0.15, 0.2) is 5.96 Å². The van der Waals surface area contributed by atoms with E-state index in [1.54, 1.807) is 7.11 Å². The third kappa shape index (κ3) is 7.20. The van der Waals surface area contributed by atoms with Gasteiger partial charge >= 0.3 is 0 Å². The molecule has 2 rings (SSSR count). The van der Waals surface area contributed by atoms with Crippen molar-refractivity contribution in [3.8, 4) is 11.5 Å². The number of nitrogens with zero attached hydrogens (tertiary/aromatic N) is 2. The minimum absolute atomic E-state index is 0.00680. The Labute approximate surface area is 169 Å². The van der Waals surface area contributed by atoms with Crippen molar-refractivity contribution in [3.05, 3.63) is 24.3 Å². The van der Waals surface area contributed by atoms with Crippen molar-refractivity contribution in [2.45, 2.75) is 45.9 Å². The Morgan fingerprint density at radius 2 is 2.11 bits per heavy atom. The van der Waals surface area contributed by atoms with Gasteiger partial charge in [0.05, 0.1) is 33.4 Å². The SMILES string of the molecule is CCNC(=NCC(C)N1CCOCC1C)NCC(C)Oc1cccc(OC)c1. The van der Waals surface area contributed by atoms with Crippen LogP contribution in [0.5, 0.6) is 11.5 Å². The summed E-state index contributed by atoms with van der Waals surface area (Å²) in [7, 11) is 1.65. The monoisotopic (exact) mass is 392 g/mol. The highest BCUT2D eigenvalue weighted by Crippen LogP contribution is 2.19. The maximum Gasteiger partial charge on any atom is 0.191 e. The smallest absolute Gasteiger partial charge is 0.191 e. The lowest BCUT2D eigenvalue weighted by Crippen LogP contribution is -2.50. The van der Waals surface area contributed by atoms with E-state index in [0.717, 1.165) is 50.3 Å². The lowest BCUT2D eigenvalue weighted by atomic mass is 10.2. The molecule has 0 amide bonds. The number of guanidine groups is 1. The van der Waals surface area contributed by atoms with Crippen molar-refractivity contribution >= 4 is 5.96 Å². The third-order valence-electron chi connectivity index (χ3n) is 4.78. The minimum atomic E-state index is -0.00680. The fraction of sp³-hybridized carbons (Fsp3) is 0.667. The number of ether oxygens (including phenoxy) is 3. The van der Waals surface area contributed by atoms with Crippen molar-refractivity contribution in [3.63, 3.8) is 0 Å². The van der Waals surface area contributed by atoms with E-state index in [2.05, 4.69) is 36.3 Å². The molecule has 0 bridgehead atoms. The number of methoxy groups -OCH3 is 1. The van der Waals surface area contributed by atoms with Gasteiger partial charge in [-0.05, 0) is 39.8 Å². The highest BCUT2D eigenvalue weighted by Gasteiger charge is 2.23. The summed E-state index contributed by atoms with van der Waals surface area (Å²) in [5.41, 5.74) is 0. The van der Waals surface area contributed by atoms with Crippen molar-refractivity contribution in [2.75, 3.05) is 46.5 Å². The number of hydrogen-bond donors (Lipinski definition) is 2. The van der Waals surface area contributed by atoms with Crippen LogP contribution in [0.3, 0.4) is 0 Å². The van der Waals surface area contributed by atoms with E-state index in [4.69, 9.17) is 19.2 Å². The molecule has 1 aromatic carbocycles. The Bertz CT molecular complexity index is 611. The average Bonchev–Trinajstić information content (AvgIpc) is 2.70. The molecule has 0 spiro atoms. The molecule has 1 aliphatic rings. The van der Waals surface area contributed by atoms with Gasteiger partial charge in [-0.3, -0.25) is 9.89 Å². The van der Waals surface area contributed by atoms with Crippen LogP contribution in [0.4, 0.5) is 0 Å². The standard InChI is InChI=1S/C21H36N4O3/c1-6-22-21(23-13-16(2)25-10-11-27-15-17(25)3)24-14-18(4)28-20-9-7-8-19(12-20)26-5/h7-9,12,16-18H,6,10-11,13-15H2,1-5H3,(H2,22,23,24). The third-order valence-corrected chi connectivity index (χ3v) is 4.78. The van der Waals surface area contributed by atoms with Crippen LogP contribution in [0.15, 0.2) is 29.3 Å². The molecule has 158 valence electrons.